The van der Waals surface area contributed by atoms with Gasteiger partial charge in [0, 0.05) is 38.7 Å². The molecule has 272 valence electrons. The van der Waals surface area contributed by atoms with Crippen LogP contribution in [0.1, 0.15) is 127 Å². The van der Waals surface area contributed by atoms with Crippen LogP contribution in [0, 0.1) is 0 Å². The van der Waals surface area contributed by atoms with Crippen LogP contribution in [0.5, 0.6) is 0 Å². The van der Waals surface area contributed by atoms with Gasteiger partial charge in [-0.15, -0.1) is 0 Å². The second kappa shape index (κ2) is 11.7. The summed E-state index contributed by atoms with van der Waals surface area (Å²) in [6.45, 7) is 25.6. The molecular formula is C52H53NO. The summed E-state index contributed by atoms with van der Waals surface area (Å²) in [5.41, 5.74) is 20.2. The first-order chi connectivity index (χ1) is 25.6. The molecule has 0 amide bonds. The number of nitrogens with zero attached hydrogens (tertiary/aromatic N) is 1. The highest BCUT2D eigenvalue weighted by Gasteiger charge is 2.38. The first-order valence-electron chi connectivity index (χ1n) is 19.9. The third kappa shape index (κ3) is 5.05. The van der Waals surface area contributed by atoms with Crippen molar-refractivity contribution in [1.29, 1.82) is 0 Å². The fourth-order valence-electron chi connectivity index (χ4n) is 9.49. The first-order valence-corrected chi connectivity index (χ1v) is 19.9. The zero-order valence-corrected chi connectivity index (χ0v) is 33.9. The van der Waals surface area contributed by atoms with Crippen LogP contribution in [0.15, 0.2) is 114 Å². The van der Waals surface area contributed by atoms with Gasteiger partial charge in [-0.25, -0.2) is 0 Å². The Morgan fingerprint density at radius 2 is 1.06 bits per heavy atom. The molecule has 2 heteroatoms. The Hall–Kier alpha value is -5.08. The van der Waals surface area contributed by atoms with Crippen LogP contribution in [-0.2, 0) is 16.2 Å². The number of hydrogen-bond acceptors (Lipinski definition) is 2. The van der Waals surface area contributed by atoms with Gasteiger partial charge in [0.15, 0.2) is 0 Å². The van der Waals surface area contributed by atoms with Gasteiger partial charge < -0.3 is 9.32 Å². The van der Waals surface area contributed by atoms with Crippen molar-refractivity contribution in [3.8, 4) is 22.3 Å². The van der Waals surface area contributed by atoms with E-state index >= 15 is 0 Å². The van der Waals surface area contributed by atoms with E-state index in [0.29, 0.717) is 11.8 Å². The molecule has 0 N–H and O–H groups in total. The molecule has 0 unspecified atom stereocenters. The molecule has 1 heterocycles. The highest BCUT2D eigenvalue weighted by atomic mass is 16.3. The lowest BCUT2D eigenvalue weighted by molar-refractivity contribution is 0.584. The summed E-state index contributed by atoms with van der Waals surface area (Å²) in [4.78, 5) is 2.48. The maximum Gasteiger partial charge on any atom is 0.135 e. The lowest BCUT2D eigenvalue weighted by Crippen LogP contribution is -2.19. The highest BCUT2D eigenvalue weighted by Crippen LogP contribution is 2.54. The molecule has 0 aliphatic heterocycles. The van der Waals surface area contributed by atoms with Crippen molar-refractivity contribution >= 4 is 39.0 Å². The lowest BCUT2D eigenvalue weighted by atomic mass is 9.79. The summed E-state index contributed by atoms with van der Waals surface area (Å²) >= 11 is 0. The summed E-state index contributed by atoms with van der Waals surface area (Å²) in [6.07, 6.45) is 0. The summed E-state index contributed by atoms with van der Waals surface area (Å²) in [7, 11) is 0. The van der Waals surface area contributed by atoms with Crippen LogP contribution in [0.2, 0.25) is 0 Å². The van der Waals surface area contributed by atoms with E-state index in [1.54, 1.807) is 0 Å². The lowest BCUT2D eigenvalue weighted by Gasteiger charge is -2.30. The summed E-state index contributed by atoms with van der Waals surface area (Å²) < 4.78 is 6.64. The zero-order valence-electron chi connectivity index (χ0n) is 33.9. The number of benzene rings is 6. The Morgan fingerprint density at radius 1 is 0.519 bits per heavy atom. The molecule has 1 aromatic heterocycles. The monoisotopic (exact) mass is 707 g/mol. The standard InChI is InChI=1S/C52H53NO/c1-30(2)32-24-41(31(3)4)49-42-27-34(19-23-47(42)54-48(49)25-32)53(35-17-21-39-37-14-12-13-15-43(37)51(8,9)45(39)28-35)36-18-22-40-38-20-16-33(50(5,6)7)26-44(38)52(10,11)46(40)29-36/h12-31H,1-11H3. The Bertz CT molecular complexity index is 2650. The van der Waals surface area contributed by atoms with Gasteiger partial charge in [-0.1, -0.05) is 137 Å². The molecule has 7 aromatic rings. The first kappa shape index (κ1) is 34.7. The Labute approximate surface area is 321 Å². The van der Waals surface area contributed by atoms with E-state index in [2.05, 4.69) is 190 Å². The van der Waals surface area contributed by atoms with E-state index in [1.807, 2.05) is 0 Å². The maximum atomic E-state index is 6.64. The number of hydrogen-bond donors (Lipinski definition) is 0. The van der Waals surface area contributed by atoms with E-state index < -0.39 is 0 Å². The normalized spacial score (nSPS) is 15.2. The van der Waals surface area contributed by atoms with E-state index in [9.17, 15) is 0 Å². The van der Waals surface area contributed by atoms with Gasteiger partial charge in [0.25, 0.3) is 0 Å². The van der Waals surface area contributed by atoms with Crippen molar-refractivity contribution in [3.05, 3.63) is 148 Å². The molecule has 2 aliphatic rings. The largest absolute Gasteiger partial charge is 0.456 e. The van der Waals surface area contributed by atoms with Gasteiger partial charge in [0.2, 0.25) is 0 Å². The van der Waals surface area contributed by atoms with Crippen molar-refractivity contribution < 1.29 is 4.42 Å². The fourth-order valence-corrected chi connectivity index (χ4v) is 9.49. The fraction of sp³-hybridized carbons (Fsp3) is 0.308. The number of anilines is 3. The smallest absolute Gasteiger partial charge is 0.135 e. The average molecular weight is 708 g/mol. The van der Waals surface area contributed by atoms with Crippen LogP contribution in [0.4, 0.5) is 17.1 Å². The van der Waals surface area contributed by atoms with Crippen molar-refractivity contribution in [1.82, 2.24) is 0 Å². The molecule has 6 aromatic carbocycles. The summed E-state index contributed by atoms with van der Waals surface area (Å²) in [6, 6.07) is 41.8. The zero-order chi connectivity index (χ0) is 38.1. The molecule has 2 aliphatic carbocycles. The molecule has 0 fully saturated rings. The van der Waals surface area contributed by atoms with Crippen LogP contribution in [-0.4, -0.2) is 0 Å². The Kier molecular flexibility index (Phi) is 7.52. The third-order valence-electron chi connectivity index (χ3n) is 12.8. The summed E-state index contributed by atoms with van der Waals surface area (Å²) in [5.74, 6) is 0.795. The second-order valence-corrected chi connectivity index (χ2v) is 18.7. The van der Waals surface area contributed by atoms with Crippen LogP contribution < -0.4 is 4.90 Å². The predicted octanol–water partition coefficient (Wildman–Crippen LogP) is 15.2. The van der Waals surface area contributed by atoms with Crippen molar-refractivity contribution in [2.24, 2.45) is 0 Å². The van der Waals surface area contributed by atoms with Gasteiger partial charge in [-0.05, 0) is 127 Å². The molecule has 0 saturated heterocycles. The van der Waals surface area contributed by atoms with E-state index in [-0.39, 0.29) is 16.2 Å². The number of fused-ring (bicyclic) bond motifs is 9. The van der Waals surface area contributed by atoms with Crippen molar-refractivity contribution in [2.45, 2.75) is 104 Å². The van der Waals surface area contributed by atoms with Gasteiger partial charge >= 0.3 is 0 Å². The van der Waals surface area contributed by atoms with Gasteiger partial charge in [-0.2, -0.15) is 0 Å². The van der Waals surface area contributed by atoms with E-state index in [1.165, 1.54) is 72.0 Å². The number of furan rings is 1. The molecule has 2 nitrogen and oxygen atoms in total. The molecule has 54 heavy (non-hydrogen) atoms. The van der Waals surface area contributed by atoms with E-state index in [0.717, 1.165) is 28.2 Å². The Balaban J connectivity index is 1.27. The van der Waals surface area contributed by atoms with Crippen molar-refractivity contribution in [2.75, 3.05) is 4.90 Å². The van der Waals surface area contributed by atoms with E-state index in [4.69, 9.17) is 4.42 Å². The molecule has 0 atom stereocenters. The predicted molar refractivity (Wildman–Crippen MR) is 230 cm³/mol. The van der Waals surface area contributed by atoms with Crippen molar-refractivity contribution in [3.63, 3.8) is 0 Å². The molecular weight excluding hydrogens is 655 g/mol. The van der Waals surface area contributed by atoms with Gasteiger partial charge in [-0.3, -0.25) is 0 Å². The number of rotatable bonds is 5. The van der Waals surface area contributed by atoms with Gasteiger partial charge in [0.05, 0.1) is 0 Å². The SMILES string of the molecule is CC(C)c1cc(C(C)C)c2c(c1)oc1ccc(N(c3ccc4c(c3)C(C)(C)c3ccccc3-4)c3ccc4c(c3)C(C)(C)c3cc(C(C)(C)C)ccc3-4)cc12. The molecule has 0 saturated carbocycles. The van der Waals surface area contributed by atoms with Crippen LogP contribution in [0.25, 0.3) is 44.2 Å². The second-order valence-electron chi connectivity index (χ2n) is 18.7. The molecule has 9 rings (SSSR count). The molecule has 0 spiro atoms. The topological polar surface area (TPSA) is 16.4 Å². The molecule has 0 radical (unpaired) electrons. The molecule has 0 bridgehead atoms. The minimum absolute atomic E-state index is 0.0878. The Morgan fingerprint density at radius 3 is 1.67 bits per heavy atom. The minimum Gasteiger partial charge on any atom is -0.456 e. The maximum absolute atomic E-state index is 6.64. The van der Waals surface area contributed by atoms with Crippen LogP contribution >= 0.6 is 0 Å². The van der Waals surface area contributed by atoms with Crippen LogP contribution in [0.3, 0.4) is 0 Å². The third-order valence-corrected chi connectivity index (χ3v) is 12.8. The minimum atomic E-state index is -0.139. The highest BCUT2D eigenvalue weighted by molar-refractivity contribution is 6.09. The quantitative estimate of drug-likeness (QED) is 0.177. The van der Waals surface area contributed by atoms with Gasteiger partial charge in [0.1, 0.15) is 11.2 Å². The average Bonchev–Trinajstić information content (AvgIpc) is 3.70. The summed E-state index contributed by atoms with van der Waals surface area (Å²) in [5, 5.41) is 2.40.